The number of nitrogens with zero attached hydrogens (tertiary/aromatic N) is 1. The lowest BCUT2D eigenvalue weighted by molar-refractivity contribution is -0.0256. The Morgan fingerprint density at radius 2 is 1.50 bits per heavy atom. The molecule has 0 aromatic carbocycles. The molecule has 0 bridgehead atoms. The van der Waals surface area contributed by atoms with Crippen molar-refractivity contribution in [2.75, 3.05) is 33.0 Å². The average Bonchev–Trinajstić information content (AvgIpc) is 3.08. The monoisotopic (exact) mass is 361 g/mol. The molecule has 1 aromatic rings. The zero-order valence-corrected chi connectivity index (χ0v) is 17.1. The maximum Gasteiger partial charge on any atom is 0.0781 e. The molecule has 0 saturated heterocycles. The third kappa shape index (κ3) is 7.10. The van der Waals surface area contributed by atoms with Crippen LogP contribution in [0.15, 0.2) is 35.7 Å². The van der Waals surface area contributed by atoms with Crippen LogP contribution in [0.1, 0.15) is 38.3 Å². The lowest BCUT2D eigenvalue weighted by atomic mass is 10.1. The van der Waals surface area contributed by atoms with Crippen LogP contribution >= 0.6 is 0 Å². The number of rotatable bonds is 12. The van der Waals surface area contributed by atoms with E-state index in [1.807, 2.05) is 0 Å². The molecule has 0 amide bonds. The van der Waals surface area contributed by atoms with E-state index in [2.05, 4.69) is 63.7 Å². The summed E-state index contributed by atoms with van der Waals surface area (Å²) in [5.74, 6) is 0.539. The van der Waals surface area contributed by atoms with Crippen LogP contribution in [-0.4, -0.2) is 43.7 Å². The van der Waals surface area contributed by atoms with Gasteiger partial charge in [-0.15, -0.1) is 0 Å². The van der Waals surface area contributed by atoms with E-state index in [0.717, 1.165) is 19.6 Å². The van der Waals surface area contributed by atoms with Crippen molar-refractivity contribution in [1.82, 2.24) is 4.57 Å². The van der Waals surface area contributed by atoms with Gasteiger partial charge in [-0.1, -0.05) is 23.3 Å². The van der Waals surface area contributed by atoms with Gasteiger partial charge in [0.2, 0.25) is 0 Å². The minimum Gasteiger partial charge on any atom is -0.379 e. The number of aryl methyl sites for hydroxylation is 2. The Hall–Kier alpha value is -1.36. The number of hydrogen-bond acceptors (Lipinski definition) is 3. The average molecular weight is 362 g/mol. The van der Waals surface area contributed by atoms with E-state index in [0.29, 0.717) is 32.3 Å². The van der Waals surface area contributed by atoms with Crippen LogP contribution in [0.2, 0.25) is 0 Å². The maximum absolute atomic E-state index is 5.81. The lowest BCUT2D eigenvalue weighted by Gasteiger charge is -2.14. The number of ether oxygens (including phenoxy) is 3. The molecule has 1 heterocycles. The molecule has 1 aliphatic rings. The smallest absolute Gasteiger partial charge is 0.0781 e. The highest BCUT2D eigenvalue weighted by atomic mass is 16.5. The molecule has 4 nitrogen and oxygen atoms in total. The zero-order chi connectivity index (χ0) is 18.9. The van der Waals surface area contributed by atoms with Crippen LogP contribution in [0.5, 0.6) is 0 Å². The summed E-state index contributed by atoms with van der Waals surface area (Å²) >= 11 is 0. The van der Waals surface area contributed by atoms with E-state index in [4.69, 9.17) is 14.2 Å². The molecular formula is C22H35NO3. The molecule has 1 atom stereocenters. The fraction of sp³-hybridized carbons (Fsp3) is 0.636. The summed E-state index contributed by atoms with van der Waals surface area (Å²) in [6.45, 7) is 14.9. The Labute approximate surface area is 158 Å². The largest absolute Gasteiger partial charge is 0.379 e. The van der Waals surface area contributed by atoms with Crippen molar-refractivity contribution < 1.29 is 14.2 Å². The van der Waals surface area contributed by atoms with Crippen molar-refractivity contribution in [3.8, 4) is 0 Å². The summed E-state index contributed by atoms with van der Waals surface area (Å²) in [4.78, 5) is 0. The second-order valence-electron chi connectivity index (χ2n) is 7.38. The summed E-state index contributed by atoms with van der Waals surface area (Å²) < 4.78 is 19.3. The minimum atomic E-state index is 0.104. The molecule has 0 aliphatic heterocycles. The van der Waals surface area contributed by atoms with E-state index < -0.39 is 0 Å². The lowest BCUT2D eigenvalue weighted by Crippen LogP contribution is -2.20. The normalized spacial score (nSPS) is 16.0. The molecule has 0 radical (unpaired) electrons. The van der Waals surface area contributed by atoms with E-state index in [1.54, 1.807) is 0 Å². The molecule has 26 heavy (non-hydrogen) atoms. The van der Waals surface area contributed by atoms with Gasteiger partial charge in [0.05, 0.1) is 32.5 Å². The highest BCUT2D eigenvalue weighted by Gasteiger charge is 2.11. The fourth-order valence-electron chi connectivity index (χ4n) is 3.08. The fourth-order valence-corrected chi connectivity index (χ4v) is 3.08. The third-order valence-electron chi connectivity index (χ3n) is 4.96. The summed E-state index contributed by atoms with van der Waals surface area (Å²) in [6, 6.07) is 0. The molecular weight excluding hydrogens is 326 g/mol. The Morgan fingerprint density at radius 3 is 2.15 bits per heavy atom. The molecule has 0 fully saturated rings. The molecule has 0 spiro atoms. The summed E-state index contributed by atoms with van der Waals surface area (Å²) in [6.07, 6.45) is 10.1. The number of hydrogen-bond donors (Lipinski definition) is 0. The zero-order valence-electron chi connectivity index (χ0n) is 17.1. The topological polar surface area (TPSA) is 32.6 Å². The van der Waals surface area contributed by atoms with Crippen molar-refractivity contribution in [3.05, 3.63) is 46.8 Å². The van der Waals surface area contributed by atoms with Crippen LogP contribution in [-0.2, 0) is 20.8 Å². The van der Waals surface area contributed by atoms with Gasteiger partial charge in [0.25, 0.3) is 0 Å². The Morgan fingerprint density at radius 1 is 0.885 bits per heavy atom. The third-order valence-corrected chi connectivity index (χ3v) is 4.96. The van der Waals surface area contributed by atoms with Gasteiger partial charge in [-0.05, 0) is 58.1 Å². The Bertz CT molecular complexity index is 577. The van der Waals surface area contributed by atoms with Gasteiger partial charge in [-0.2, -0.15) is 0 Å². The van der Waals surface area contributed by atoms with Gasteiger partial charge in [-0.25, -0.2) is 0 Å². The van der Waals surface area contributed by atoms with Crippen LogP contribution in [0.4, 0.5) is 0 Å². The summed E-state index contributed by atoms with van der Waals surface area (Å²) in [5.41, 5.74) is 5.45. The van der Waals surface area contributed by atoms with Crippen molar-refractivity contribution in [2.45, 2.75) is 53.7 Å². The molecule has 4 heteroatoms. The summed E-state index contributed by atoms with van der Waals surface area (Å²) in [5, 5.41) is 0. The van der Waals surface area contributed by atoms with Crippen LogP contribution in [0, 0.1) is 19.8 Å². The van der Waals surface area contributed by atoms with Crippen molar-refractivity contribution in [3.63, 3.8) is 0 Å². The first-order chi connectivity index (χ1) is 12.5. The number of allylic oxidation sites excluding steroid dienone is 4. The molecule has 2 rings (SSSR count). The van der Waals surface area contributed by atoms with Crippen molar-refractivity contribution >= 4 is 0 Å². The Balaban J connectivity index is 1.43. The van der Waals surface area contributed by atoms with E-state index in [-0.39, 0.29) is 6.10 Å². The van der Waals surface area contributed by atoms with Crippen molar-refractivity contribution in [2.24, 2.45) is 5.92 Å². The molecule has 1 unspecified atom stereocenters. The maximum atomic E-state index is 5.81. The first-order valence-corrected chi connectivity index (χ1v) is 9.73. The predicted octanol–water partition coefficient (Wildman–Crippen LogP) is 4.46. The van der Waals surface area contributed by atoms with Gasteiger partial charge in [0.15, 0.2) is 0 Å². The standard InChI is InChI=1S/C22H35NO3/c1-17-12-22(13-18(17)2)6-8-24-10-11-25-16-21(5)26-9-7-23-14-19(3)20(4)15-23/h12-15,21-22H,6-11,16H2,1-5H3. The minimum absolute atomic E-state index is 0.104. The van der Waals surface area contributed by atoms with Crippen LogP contribution in [0.25, 0.3) is 0 Å². The van der Waals surface area contributed by atoms with Crippen LogP contribution in [0.3, 0.4) is 0 Å². The first-order valence-electron chi connectivity index (χ1n) is 9.73. The molecule has 1 aliphatic carbocycles. The molecule has 0 N–H and O–H groups in total. The van der Waals surface area contributed by atoms with Gasteiger partial charge in [0, 0.05) is 25.5 Å². The first kappa shape index (κ1) is 20.9. The van der Waals surface area contributed by atoms with Gasteiger partial charge in [0.1, 0.15) is 0 Å². The summed E-state index contributed by atoms with van der Waals surface area (Å²) in [7, 11) is 0. The van der Waals surface area contributed by atoms with E-state index in [1.165, 1.54) is 22.3 Å². The molecule has 0 saturated carbocycles. The number of aromatic nitrogens is 1. The Kier molecular flexibility index (Phi) is 8.63. The molecule has 146 valence electrons. The van der Waals surface area contributed by atoms with Crippen molar-refractivity contribution in [1.29, 1.82) is 0 Å². The second-order valence-corrected chi connectivity index (χ2v) is 7.38. The molecule has 1 aromatic heterocycles. The predicted molar refractivity (Wildman–Crippen MR) is 107 cm³/mol. The second kappa shape index (κ2) is 10.7. The van der Waals surface area contributed by atoms with Gasteiger partial charge < -0.3 is 18.8 Å². The highest BCUT2D eigenvalue weighted by molar-refractivity contribution is 5.35. The van der Waals surface area contributed by atoms with Gasteiger partial charge in [-0.3, -0.25) is 0 Å². The van der Waals surface area contributed by atoms with E-state index >= 15 is 0 Å². The van der Waals surface area contributed by atoms with Crippen LogP contribution < -0.4 is 0 Å². The van der Waals surface area contributed by atoms with Gasteiger partial charge >= 0.3 is 0 Å². The SMILES string of the molecule is CC1=CC(CCOCCOCC(C)OCCn2cc(C)c(C)c2)C=C1C. The highest BCUT2D eigenvalue weighted by Crippen LogP contribution is 2.24. The van der Waals surface area contributed by atoms with E-state index in [9.17, 15) is 0 Å². The quantitative estimate of drug-likeness (QED) is 0.515.